The van der Waals surface area contributed by atoms with Gasteiger partial charge in [-0.15, -0.1) is 0 Å². The van der Waals surface area contributed by atoms with Gasteiger partial charge >= 0.3 is 6.18 Å². The van der Waals surface area contributed by atoms with E-state index in [0.717, 1.165) is 0 Å². The number of hydrogen-bond donors (Lipinski definition) is 2. The first-order valence-electron chi connectivity index (χ1n) is 9.02. The minimum atomic E-state index is -4.51. The van der Waals surface area contributed by atoms with E-state index in [9.17, 15) is 18.0 Å². The van der Waals surface area contributed by atoms with Gasteiger partial charge in [-0.2, -0.15) is 13.2 Å². The molecule has 3 N–H and O–H groups in total. The molecule has 2 heterocycles. The molecule has 0 amide bonds. The van der Waals surface area contributed by atoms with Crippen molar-refractivity contribution < 1.29 is 26.7 Å². The monoisotopic (exact) mass is 446 g/mol. The summed E-state index contributed by atoms with van der Waals surface area (Å²) in [5.41, 5.74) is 0.346. The van der Waals surface area contributed by atoms with Gasteiger partial charge in [-0.05, 0) is 38.0 Å². The van der Waals surface area contributed by atoms with Crippen LogP contribution in [-0.4, -0.2) is 39.5 Å². The molecule has 0 bridgehead atoms. The zero-order valence-corrected chi connectivity index (χ0v) is 17.5. The topological polar surface area (TPSA) is 111 Å². The molecule has 0 aliphatic carbocycles. The van der Waals surface area contributed by atoms with Gasteiger partial charge in [-0.25, -0.2) is 0 Å². The second kappa shape index (κ2) is 9.73. The molecule has 1 saturated heterocycles. The lowest BCUT2D eigenvalue weighted by atomic mass is 9.94. The number of hydrogen-bond acceptors (Lipinski definition) is 5. The number of aromatic amines is 1. The number of nitrogens with one attached hydrogen (secondary N) is 1. The zero-order chi connectivity index (χ0) is 22.6. The molecule has 2 atom stereocenters. The lowest BCUT2D eigenvalue weighted by Gasteiger charge is -2.35. The number of morpholine rings is 1. The van der Waals surface area contributed by atoms with Crippen LogP contribution in [0.2, 0.25) is 0 Å². The van der Waals surface area contributed by atoms with E-state index in [1.54, 1.807) is 19.1 Å². The van der Waals surface area contributed by atoms with Gasteiger partial charge in [0.2, 0.25) is 5.56 Å². The number of nitrogens with zero attached hydrogens (tertiary/aromatic N) is 1. The minimum absolute atomic E-state index is 0.0135. The molecular weight excluding hydrogens is 423 g/mol. The second-order valence-electron chi connectivity index (χ2n) is 6.92. The number of ether oxygens (including phenoxy) is 1. The van der Waals surface area contributed by atoms with Crippen LogP contribution in [-0.2, 0) is 22.2 Å². The smallest absolute Gasteiger partial charge is 0.417 e. The molecule has 1 aromatic carbocycles. The molecule has 2 aromatic rings. The quantitative estimate of drug-likeness (QED) is 0.689. The van der Waals surface area contributed by atoms with E-state index in [2.05, 4.69) is 10.1 Å². The van der Waals surface area contributed by atoms with Gasteiger partial charge in [-0.1, -0.05) is 12.1 Å². The maximum atomic E-state index is 13.7. The summed E-state index contributed by atoms with van der Waals surface area (Å²) >= 11 is -2.36. The molecule has 0 saturated carbocycles. The largest absolute Gasteiger partial charge is 0.760 e. The Labute approximate surface area is 174 Å². The number of H-pyrrole nitrogens is 1. The lowest BCUT2D eigenvalue weighted by Crippen LogP contribution is -2.44. The predicted octanol–water partition coefficient (Wildman–Crippen LogP) is 2.64. The van der Waals surface area contributed by atoms with E-state index >= 15 is 0 Å². The summed E-state index contributed by atoms with van der Waals surface area (Å²) in [7, 11) is 0. The molecule has 0 radical (unpaired) electrons. The third-order valence-electron chi connectivity index (χ3n) is 4.84. The summed E-state index contributed by atoms with van der Waals surface area (Å²) in [4.78, 5) is 16.7. The Morgan fingerprint density at radius 3 is 2.50 bits per heavy atom. The summed E-state index contributed by atoms with van der Waals surface area (Å²) < 4.78 is 64.0. The number of alkyl halides is 3. The third-order valence-corrected chi connectivity index (χ3v) is 4.84. The zero-order valence-electron chi connectivity index (χ0n) is 16.7. The average Bonchev–Trinajstić information content (AvgIpc) is 2.62. The van der Waals surface area contributed by atoms with Crippen LogP contribution in [0.5, 0.6) is 0 Å². The molecule has 3 rings (SSSR count). The minimum Gasteiger partial charge on any atom is -0.760 e. The Balaban J connectivity index is 0.000000735. The molecule has 1 aromatic heterocycles. The number of benzene rings is 1. The van der Waals surface area contributed by atoms with Crippen molar-refractivity contribution in [3.8, 4) is 11.3 Å². The third kappa shape index (κ3) is 5.91. The molecule has 1 fully saturated rings. The number of rotatable bonds is 2. The number of aromatic nitrogens is 1. The normalized spacial score (nSPS) is 17.9. The Morgan fingerprint density at radius 1 is 1.30 bits per heavy atom. The Bertz CT molecular complexity index is 974. The highest BCUT2D eigenvalue weighted by atomic mass is 32.2. The second-order valence-corrected chi connectivity index (χ2v) is 7.44. The number of pyridine rings is 1. The number of anilines is 1. The van der Waals surface area contributed by atoms with Gasteiger partial charge in [0.25, 0.3) is 0 Å². The molecule has 30 heavy (non-hydrogen) atoms. The van der Waals surface area contributed by atoms with Crippen molar-refractivity contribution in [1.29, 1.82) is 0 Å². The first-order chi connectivity index (χ1) is 13.9. The fourth-order valence-electron chi connectivity index (χ4n) is 3.36. The van der Waals surface area contributed by atoms with Gasteiger partial charge in [0.05, 0.1) is 24.5 Å². The van der Waals surface area contributed by atoms with Crippen LogP contribution in [0.25, 0.3) is 11.3 Å². The highest BCUT2D eigenvalue weighted by molar-refractivity contribution is 7.76. The average molecular weight is 446 g/mol. The molecule has 1 aliphatic rings. The van der Waals surface area contributed by atoms with E-state index in [4.69, 9.17) is 13.5 Å². The van der Waals surface area contributed by atoms with Crippen molar-refractivity contribution in [3.05, 3.63) is 51.3 Å². The fraction of sp³-hybridized carbons (Fsp3) is 0.421. The van der Waals surface area contributed by atoms with E-state index in [1.165, 1.54) is 19.1 Å². The van der Waals surface area contributed by atoms with E-state index in [0.29, 0.717) is 31.0 Å². The SMILES string of the molecule is Cc1ccc(-c2cc(N3CCOCC3C)cc(=O)[nH]2)c(C(F)(F)F)c1C.NS(=O)[O-]. The van der Waals surface area contributed by atoms with E-state index in [-0.39, 0.29) is 22.9 Å². The maximum Gasteiger partial charge on any atom is 0.417 e. The first kappa shape index (κ1) is 24.1. The highest BCUT2D eigenvalue weighted by Gasteiger charge is 2.36. The first-order valence-corrected chi connectivity index (χ1v) is 10.2. The van der Waals surface area contributed by atoms with Crippen LogP contribution in [0.4, 0.5) is 18.9 Å². The van der Waals surface area contributed by atoms with E-state index in [1.807, 2.05) is 11.8 Å². The molecule has 166 valence electrons. The van der Waals surface area contributed by atoms with Crippen molar-refractivity contribution >= 4 is 17.0 Å². The Hall–Kier alpha value is -2.21. The summed E-state index contributed by atoms with van der Waals surface area (Å²) in [6.07, 6.45) is -4.51. The van der Waals surface area contributed by atoms with Crippen LogP contribution >= 0.6 is 0 Å². The number of halogens is 3. The van der Waals surface area contributed by atoms with Gasteiger partial charge in [0.1, 0.15) is 0 Å². The van der Waals surface area contributed by atoms with Gasteiger partial charge in [0, 0.05) is 41.2 Å². The summed E-state index contributed by atoms with van der Waals surface area (Å²) in [6, 6.07) is 6.13. The summed E-state index contributed by atoms with van der Waals surface area (Å²) in [5, 5.41) is 4.03. The van der Waals surface area contributed by atoms with E-state index < -0.39 is 28.6 Å². The van der Waals surface area contributed by atoms with Crippen molar-refractivity contribution in [2.45, 2.75) is 33.0 Å². The Morgan fingerprint density at radius 2 is 1.93 bits per heavy atom. The highest BCUT2D eigenvalue weighted by Crippen LogP contribution is 2.40. The number of aryl methyl sites for hydroxylation is 1. The van der Waals surface area contributed by atoms with Crippen LogP contribution in [0, 0.1) is 13.8 Å². The molecule has 0 spiro atoms. The molecule has 1 aliphatic heterocycles. The van der Waals surface area contributed by atoms with Gasteiger partial charge in [-0.3, -0.25) is 14.1 Å². The van der Waals surface area contributed by atoms with Crippen LogP contribution in [0.3, 0.4) is 0 Å². The number of nitrogens with two attached hydrogens (primary N) is 1. The predicted molar refractivity (Wildman–Crippen MR) is 108 cm³/mol. The molecule has 11 heteroatoms. The van der Waals surface area contributed by atoms with Crippen LogP contribution in [0.1, 0.15) is 23.6 Å². The molecule has 2 unspecified atom stereocenters. The Kier molecular flexibility index (Phi) is 7.81. The summed E-state index contributed by atoms with van der Waals surface area (Å²) in [5.74, 6) is 0. The molecular formula is C19H23F3N3O4S-. The standard InChI is InChI=1S/C19H21F3N2O2.H3NO2S/c1-11-4-5-15(18(13(11)3)19(20,21)22)16-8-14(9-17(25)23-16)24-6-7-26-10-12(24)2;1-4(2)3/h4-5,8-9,12H,6-7,10H2,1-3H3,(H,23,25);1H2,(H,2,3)/p-1. The van der Waals surface area contributed by atoms with Crippen molar-refractivity contribution in [1.82, 2.24) is 4.98 Å². The van der Waals surface area contributed by atoms with Crippen molar-refractivity contribution in [2.24, 2.45) is 5.14 Å². The fourth-order valence-corrected chi connectivity index (χ4v) is 3.36. The van der Waals surface area contributed by atoms with Gasteiger partial charge in [0.15, 0.2) is 0 Å². The maximum absolute atomic E-state index is 13.7. The van der Waals surface area contributed by atoms with Crippen molar-refractivity contribution in [3.63, 3.8) is 0 Å². The van der Waals surface area contributed by atoms with Gasteiger partial charge < -0.3 is 19.2 Å². The summed E-state index contributed by atoms with van der Waals surface area (Å²) in [6.45, 7) is 6.67. The molecule has 7 nitrogen and oxygen atoms in total. The lowest BCUT2D eigenvalue weighted by molar-refractivity contribution is -0.137. The van der Waals surface area contributed by atoms with Crippen LogP contribution < -0.4 is 15.6 Å². The van der Waals surface area contributed by atoms with Crippen molar-refractivity contribution in [2.75, 3.05) is 24.7 Å². The van der Waals surface area contributed by atoms with Crippen LogP contribution in [0.15, 0.2) is 29.1 Å².